The molecule has 0 spiro atoms. The molecule has 0 aliphatic carbocycles. The summed E-state index contributed by atoms with van der Waals surface area (Å²) in [5.74, 6) is 1.33. The van der Waals surface area contributed by atoms with Crippen molar-refractivity contribution in [2.45, 2.75) is 20.3 Å². The van der Waals surface area contributed by atoms with Gasteiger partial charge < -0.3 is 9.88 Å². The van der Waals surface area contributed by atoms with E-state index in [4.69, 9.17) is 4.98 Å². The third-order valence-corrected chi connectivity index (χ3v) is 4.26. The van der Waals surface area contributed by atoms with Gasteiger partial charge in [-0.2, -0.15) is 15.1 Å². The standard InChI is InChI=1S/C19H20N6/c1-4-14-5-7-15(8-6-14)20-17-16-10-11-24(3)18(16)22-19(21-17)25-12-9-13(2)23-25/h5-12H,4H2,1-3H3,(H,20,21,22). The van der Waals surface area contributed by atoms with Gasteiger partial charge in [-0.25, -0.2) is 4.68 Å². The minimum Gasteiger partial charge on any atom is -0.339 e. The van der Waals surface area contributed by atoms with E-state index in [0.717, 1.165) is 34.7 Å². The zero-order valence-corrected chi connectivity index (χ0v) is 14.6. The molecule has 1 N–H and O–H groups in total. The lowest BCUT2D eigenvalue weighted by Crippen LogP contribution is -2.06. The van der Waals surface area contributed by atoms with E-state index < -0.39 is 0 Å². The summed E-state index contributed by atoms with van der Waals surface area (Å²) in [5.41, 5.74) is 4.11. The maximum absolute atomic E-state index is 4.70. The minimum absolute atomic E-state index is 0.551. The van der Waals surface area contributed by atoms with E-state index in [-0.39, 0.29) is 0 Å². The summed E-state index contributed by atoms with van der Waals surface area (Å²) >= 11 is 0. The number of aromatic nitrogens is 5. The average molecular weight is 332 g/mol. The van der Waals surface area contributed by atoms with E-state index in [1.807, 2.05) is 43.1 Å². The van der Waals surface area contributed by atoms with Gasteiger partial charge in [-0.1, -0.05) is 19.1 Å². The van der Waals surface area contributed by atoms with Crippen LogP contribution in [0.3, 0.4) is 0 Å². The van der Waals surface area contributed by atoms with E-state index in [1.165, 1.54) is 5.56 Å². The van der Waals surface area contributed by atoms with Crippen LogP contribution in [0.15, 0.2) is 48.8 Å². The highest BCUT2D eigenvalue weighted by Crippen LogP contribution is 2.25. The van der Waals surface area contributed by atoms with Crippen molar-refractivity contribution in [1.82, 2.24) is 24.3 Å². The molecule has 0 radical (unpaired) electrons. The first-order valence-electron chi connectivity index (χ1n) is 8.35. The molecule has 0 saturated heterocycles. The van der Waals surface area contributed by atoms with E-state index >= 15 is 0 Å². The van der Waals surface area contributed by atoms with E-state index in [0.29, 0.717) is 5.95 Å². The zero-order valence-electron chi connectivity index (χ0n) is 14.6. The van der Waals surface area contributed by atoms with Crippen molar-refractivity contribution in [3.05, 3.63) is 60.0 Å². The van der Waals surface area contributed by atoms with Crippen LogP contribution in [0.1, 0.15) is 18.2 Å². The predicted molar refractivity (Wildman–Crippen MR) is 99.5 cm³/mol. The molecule has 4 aromatic rings. The maximum Gasteiger partial charge on any atom is 0.254 e. The van der Waals surface area contributed by atoms with Gasteiger partial charge in [0.15, 0.2) is 0 Å². The summed E-state index contributed by atoms with van der Waals surface area (Å²) in [6.07, 6.45) is 4.89. The molecule has 3 heterocycles. The second-order valence-electron chi connectivity index (χ2n) is 6.11. The van der Waals surface area contributed by atoms with Gasteiger partial charge in [0.2, 0.25) is 0 Å². The third-order valence-electron chi connectivity index (χ3n) is 4.26. The monoisotopic (exact) mass is 332 g/mol. The lowest BCUT2D eigenvalue weighted by molar-refractivity contribution is 0.798. The zero-order chi connectivity index (χ0) is 17.4. The van der Waals surface area contributed by atoms with Crippen LogP contribution in [-0.4, -0.2) is 24.3 Å². The number of benzene rings is 1. The Bertz CT molecular complexity index is 1030. The number of aryl methyl sites for hydroxylation is 3. The Morgan fingerprint density at radius 3 is 2.48 bits per heavy atom. The summed E-state index contributed by atoms with van der Waals surface area (Å²) in [6.45, 7) is 4.10. The second-order valence-corrected chi connectivity index (χ2v) is 6.11. The predicted octanol–water partition coefficient (Wildman–Crippen LogP) is 3.77. The van der Waals surface area contributed by atoms with Crippen LogP contribution >= 0.6 is 0 Å². The van der Waals surface area contributed by atoms with Crippen molar-refractivity contribution in [3.8, 4) is 5.95 Å². The van der Waals surface area contributed by atoms with Crippen LogP contribution in [0.25, 0.3) is 17.0 Å². The van der Waals surface area contributed by atoms with Crippen molar-refractivity contribution in [2.24, 2.45) is 7.05 Å². The molecule has 0 aliphatic rings. The molecular weight excluding hydrogens is 312 g/mol. The van der Waals surface area contributed by atoms with Gasteiger partial charge in [0.05, 0.1) is 11.1 Å². The summed E-state index contributed by atoms with van der Waals surface area (Å²) in [7, 11) is 1.98. The molecule has 0 bridgehead atoms. The van der Waals surface area contributed by atoms with Gasteiger partial charge >= 0.3 is 0 Å². The highest BCUT2D eigenvalue weighted by molar-refractivity contribution is 5.90. The Labute approximate surface area is 146 Å². The van der Waals surface area contributed by atoms with Gasteiger partial charge in [-0.05, 0) is 43.2 Å². The van der Waals surface area contributed by atoms with Crippen molar-refractivity contribution < 1.29 is 0 Å². The molecule has 3 aromatic heterocycles. The molecule has 0 saturated carbocycles. The molecule has 25 heavy (non-hydrogen) atoms. The van der Waals surface area contributed by atoms with Crippen molar-refractivity contribution in [2.75, 3.05) is 5.32 Å². The minimum atomic E-state index is 0.551. The number of fused-ring (bicyclic) bond motifs is 1. The van der Waals surface area contributed by atoms with Gasteiger partial charge in [0, 0.05) is 25.1 Å². The Morgan fingerprint density at radius 1 is 1.00 bits per heavy atom. The number of hydrogen-bond acceptors (Lipinski definition) is 4. The van der Waals surface area contributed by atoms with Crippen molar-refractivity contribution in [1.29, 1.82) is 0 Å². The van der Waals surface area contributed by atoms with Crippen LogP contribution in [0.5, 0.6) is 0 Å². The average Bonchev–Trinajstić information content (AvgIpc) is 3.22. The molecule has 0 aliphatic heterocycles. The lowest BCUT2D eigenvalue weighted by atomic mass is 10.1. The Balaban J connectivity index is 1.80. The number of rotatable bonds is 4. The van der Waals surface area contributed by atoms with Crippen LogP contribution < -0.4 is 5.32 Å². The number of nitrogens with one attached hydrogen (secondary N) is 1. The smallest absolute Gasteiger partial charge is 0.254 e. The Kier molecular flexibility index (Phi) is 3.72. The fourth-order valence-corrected chi connectivity index (χ4v) is 2.81. The quantitative estimate of drug-likeness (QED) is 0.618. The molecular formula is C19H20N6. The SMILES string of the molecule is CCc1ccc(Nc2nc(-n3ccc(C)n3)nc3c2ccn3C)cc1. The van der Waals surface area contributed by atoms with Gasteiger partial charge in [0.1, 0.15) is 11.5 Å². The van der Waals surface area contributed by atoms with Crippen LogP contribution in [0.2, 0.25) is 0 Å². The fraction of sp³-hybridized carbons (Fsp3) is 0.211. The molecule has 0 fully saturated rings. The molecule has 0 amide bonds. The summed E-state index contributed by atoms with van der Waals surface area (Å²) < 4.78 is 3.69. The lowest BCUT2D eigenvalue weighted by Gasteiger charge is -2.10. The maximum atomic E-state index is 4.70. The van der Waals surface area contributed by atoms with E-state index in [1.54, 1.807) is 4.68 Å². The van der Waals surface area contributed by atoms with Gasteiger partial charge in [0.25, 0.3) is 5.95 Å². The summed E-state index contributed by atoms with van der Waals surface area (Å²) in [5, 5.41) is 8.83. The molecule has 6 heteroatoms. The molecule has 1 aromatic carbocycles. The van der Waals surface area contributed by atoms with E-state index in [2.05, 4.69) is 46.6 Å². The second kappa shape index (κ2) is 6.05. The Morgan fingerprint density at radius 2 is 1.80 bits per heavy atom. The number of anilines is 2. The summed E-state index contributed by atoms with van der Waals surface area (Å²) in [6, 6.07) is 12.4. The van der Waals surface area contributed by atoms with Crippen molar-refractivity contribution in [3.63, 3.8) is 0 Å². The molecule has 126 valence electrons. The highest BCUT2D eigenvalue weighted by atomic mass is 15.4. The molecule has 0 unspecified atom stereocenters. The molecule has 4 rings (SSSR count). The third kappa shape index (κ3) is 2.87. The normalized spacial score (nSPS) is 11.2. The molecule has 6 nitrogen and oxygen atoms in total. The summed E-state index contributed by atoms with van der Waals surface area (Å²) in [4.78, 5) is 9.36. The van der Waals surface area contributed by atoms with E-state index in [9.17, 15) is 0 Å². The number of hydrogen-bond donors (Lipinski definition) is 1. The van der Waals surface area contributed by atoms with Crippen LogP contribution in [0.4, 0.5) is 11.5 Å². The highest BCUT2D eigenvalue weighted by Gasteiger charge is 2.12. The topological polar surface area (TPSA) is 60.6 Å². The van der Waals surface area contributed by atoms with Gasteiger partial charge in [-0.15, -0.1) is 0 Å². The first-order valence-corrected chi connectivity index (χ1v) is 8.35. The van der Waals surface area contributed by atoms with Crippen LogP contribution in [-0.2, 0) is 13.5 Å². The van der Waals surface area contributed by atoms with Gasteiger partial charge in [-0.3, -0.25) is 0 Å². The Hall–Kier alpha value is -3.15. The fourth-order valence-electron chi connectivity index (χ4n) is 2.81. The van der Waals surface area contributed by atoms with Crippen LogP contribution in [0, 0.1) is 6.92 Å². The first-order chi connectivity index (χ1) is 12.1. The van der Waals surface area contributed by atoms with Crippen molar-refractivity contribution >= 4 is 22.5 Å². The first kappa shape index (κ1) is 15.4. The molecule has 0 atom stereocenters. The number of nitrogens with zero attached hydrogens (tertiary/aromatic N) is 5. The largest absolute Gasteiger partial charge is 0.339 e.